The molecule has 0 aliphatic carbocycles. The molecule has 0 saturated heterocycles. The van der Waals surface area contributed by atoms with Crippen molar-refractivity contribution >= 4 is 82.2 Å². The molecule has 0 unspecified atom stereocenters. The van der Waals surface area contributed by atoms with E-state index in [-0.39, 0.29) is 0 Å². The minimum Gasteiger partial charge on any atom is -0.127 e. The Bertz CT molecular complexity index is 2300. The van der Waals surface area contributed by atoms with Crippen LogP contribution in [0.4, 0.5) is 0 Å². The molecule has 0 amide bonds. The van der Waals surface area contributed by atoms with Crippen molar-refractivity contribution in [1.82, 2.24) is 0 Å². The lowest BCUT2D eigenvalue weighted by molar-refractivity contribution is 0.954. The minimum atomic E-state index is -0.706. The van der Waals surface area contributed by atoms with Crippen LogP contribution >= 0.6 is 0 Å². The van der Waals surface area contributed by atoms with Crippen LogP contribution in [0.3, 0.4) is 0 Å². The van der Waals surface area contributed by atoms with E-state index in [0.29, 0.717) is 22.2 Å². The summed E-state index contributed by atoms with van der Waals surface area (Å²) in [6.07, 6.45) is 0. The van der Waals surface area contributed by atoms with Crippen molar-refractivity contribution in [2.24, 2.45) is 0 Å². The molecule has 0 aliphatic rings. The van der Waals surface area contributed by atoms with Gasteiger partial charge in [-0.25, -0.2) is 0 Å². The van der Waals surface area contributed by atoms with E-state index in [2.05, 4.69) is 175 Å². The summed E-state index contributed by atoms with van der Waals surface area (Å²) < 4.78 is 0. The Balaban J connectivity index is 1.29. The molecule has 0 saturated carbocycles. The number of benzene rings is 7. The second-order valence-electron chi connectivity index (χ2n) is 14.6. The van der Waals surface area contributed by atoms with Crippen LogP contribution in [0.25, 0.3) is 64.6 Å². The molecule has 0 aliphatic heterocycles. The first kappa shape index (κ1) is 32.2. The van der Waals surface area contributed by atoms with Gasteiger partial charge in [0.2, 0.25) is 0 Å². The summed E-state index contributed by atoms with van der Waals surface area (Å²) in [4.78, 5) is 0. The van der Waals surface area contributed by atoms with Crippen LogP contribution < -0.4 is 0 Å². The molecule has 0 heterocycles. The summed E-state index contributed by atoms with van der Waals surface area (Å²) in [5.41, 5.74) is 12.2. The average molecular weight is 653 g/mol. The van der Waals surface area contributed by atoms with Crippen LogP contribution in [-0.4, -0.2) is 17.6 Å². The van der Waals surface area contributed by atoms with Gasteiger partial charge in [0.25, 0.3) is 0 Å². The summed E-state index contributed by atoms with van der Waals surface area (Å²) >= 11 is 0. The fraction of sp³-hybridized carbons (Fsp3) is 0.261. The first-order valence-electron chi connectivity index (χ1n) is 17.5. The fourth-order valence-corrected chi connectivity index (χ4v) is 12.0. The molecule has 0 fully saturated rings. The molecule has 236 valence electrons. The lowest BCUT2D eigenvalue weighted by Crippen LogP contribution is -2.18. The molecule has 48 heavy (non-hydrogen) atoms. The Morgan fingerprint density at radius 2 is 0.625 bits per heavy atom. The van der Waals surface area contributed by atoms with E-state index < -0.39 is 17.6 Å². The predicted molar refractivity (Wildman–Crippen MR) is 217 cm³/mol. The first-order chi connectivity index (χ1) is 23.1. The lowest BCUT2D eigenvalue weighted by Gasteiger charge is -2.15. The smallest absolute Gasteiger partial charge is 0.127 e. The highest BCUT2D eigenvalue weighted by molar-refractivity contribution is 6.70. The molecule has 0 aromatic heterocycles. The summed E-state index contributed by atoms with van der Waals surface area (Å²) in [7, 11) is -1.41. The fourth-order valence-electron chi connectivity index (χ4n) is 7.61. The number of fused-ring (bicyclic) bond motifs is 10. The first-order valence-corrected chi connectivity index (χ1v) is 20.9. The highest BCUT2D eigenvalue weighted by Crippen LogP contribution is 2.37. The van der Waals surface area contributed by atoms with Gasteiger partial charge in [0.15, 0.2) is 17.6 Å². The van der Waals surface area contributed by atoms with Gasteiger partial charge >= 0.3 is 0 Å². The highest BCUT2D eigenvalue weighted by Gasteiger charge is 2.18. The maximum Gasteiger partial charge on any atom is 0.150 e. The highest BCUT2D eigenvalue weighted by atomic mass is 28.3. The molecule has 7 aromatic rings. The van der Waals surface area contributed by atoms with Gasteiger partial charge in [0.1, 0.15) is 0 Å². The third kappa shape index (κ3) is 5.94. The van der Waals surface area contributed by atoms with E-state index in [0.717, 1.165) is 11.1 Å². The van der Waals surface area contributed by atoms with Crippen LogP contribution in [-0.2, 0) is 0 Å². The molecule has 2 radical (unpaired) electrons. The molecule has 0 nitrogen and oxygen atoms in total. The van der Waals surface area contributed by atoms with Crippen LogP contribution in [0.1, 0.15) is 66.5 Å². The second kappa shape index (κ2) is 12.9. The third-order valence-electron chi connectivity index (χ3n) is 9.97. The molecule has 0 atom stereocenters. The van der Waals surface area contributed by atoms with Crippen LogP contribution in [0, 0.1) is 22.9 Å². The van der Waals surface area contributed by atoms with Gasteiger partial charge in [0, 0.05) is 11.1 Å². The van der Waals surface area contributed by atoms with E-state index in [1.807, 2.05) is 0 Å². The zero-order valence-corrected chi connectivity index (χ0v) is 31.5. The Hall–Kier alpha value is -4.35. The lowest BCUT2D eigenvalue weighted by atomic mass is 9.92. The molecule has 0 N–H and O–H groups in total. The van der Waals surface area contributed by atoms with Crippen molar-refractivity contribution in [1.29, 1.82) is 0 Å². The normalized spacial score (nSPS) is 12.1. The van der Waals surface area contributed by atoms with Gasteiger partial charge in [-0.05, 0) is 123 Å². The molecule has 7 aromatic carbocycles. The van der Waals surface area contributed by atoms with E-state index in [4.69, 9.17) is 0 Å². The van der Waals surface area contributed by atoms with Crippen molar-refractivity contribution in [2.45, 2.75) is 77.6 Å². The second-order valence-corrected chi connectivity index (χ2v) is 21.6. The Kier molecular flexibility index (Phi) is 8.68. The van der Waals surface area contributed by atoms with Gasteiger partial charge in [-0.2, -0.15) is 0 Å². The maximum atomic E-state index is 3.67. The molecular weight excluding hydrogens is 609 g/mol. The van der Waals surface area contributed by atoms with Crippen molar-refractivity contribution < 1.29 is 0 Å². The van der Waals surface area contributed by atoms with Gasteiger partial charge in [0.05, 0.1) is 0 Å². The maximum absolute atomic E-state index is 3.67. The Morgan fingerprint density at radius 3 is 0.958 bits per heavy atom. The van der Waals surface area contributed by atoms with Crippen molar-refractivity contribution in [3.05, 3.63) is 108 Å². The summed E-state index contributed by atoms with van der Waals surface area (Å²) in [5, 5.41) is 15.5. The number of hydrogen-bond donors (Lipinski definition) is 0. The molecule has 0 spiro atoms. The molecule has 7 rings (SSSR count). The molecular formula is C46H44Si2. The van der Waals surface area contributed by atoms with Gasteiger partial charge < -0.3 is 0 Å². The molecule has 0 bridgehead atoms. The van der Waals surface area contributed by atoms with E-state index >= 15 is 0 Å². The largest absolute Gasteiger partial charge is 0.150 e. The van der Waals surface area contributed by atoms with Crippen LogP contribution in [0.15, 0.2) is 97.1 Å². The Labute approximate surface area is 289 Å². The predicted octanol–water partition coefficient (Wildman–Crippen LogP) is 13.0. The van der Waals surface area contributed by atoms with Gasteiger partial charge in [-0.15, -0.1) is 11.1 Å². The summed E-state index contributed by atoms with van der Waals surface area (Å²) in [6.45, 7) is 18.5. The average Bonchev–Trinajstić information content (AvgIpc) is 3.06. The van der Waals surface area contributed by atoms with Gasteiger partial charge in [-0.3, -0.25) is 0 Å². The Morgan fingerprint density at radius 1 is 0.333 bits per heavy atom. The zero-order valence-electron chi connectivity index (χ0n) is 29.5. The third-order valence-corrected chi connectivity index (χ3v) is 15.8. The van der Waals surface area contributed by atoms with Crippen LogP contribution in [0.2, 0.25) is 22.2 Å². The van der Waals surface area contributed by atoms with Crippen LogP contribution in [0.5, 0.6) is 0 Å². The van der Waals surface area contributed by atoms with Gasteiger partial charge in [-0.1, -0.05) is 128 Å². The van der Waals surface area contributed by atoms with E-state index in [1.165, 1.54) is 64.6 Å². The van der Waals surface area contributed by atoms with Crippen molar-refractivity contribution in [3.63, 3.8) is 0 Å². The SMILES string of the molecule is CC(C)[Si](C#Cc1ccc2c(ccc3c4cc5ccc6c7ccc(C#C[Si](C(C)C)C(C)C)cc7ccc6c5cc4ccc23)c1)C(C)C. The number of rotatable bonds is 4. The number of hydrogen-bond acceptors (Lipinski definition) is 0. The monoisotopic (exact) mass is 652 g/mol. The summed E-state index contributed by atoms with van der Waals surface area (Å²) in [6, 6.07) is 36.7. The van der Waals surface area contributed by atoms with E-state index in [1.54, 1.807) is 0 Å². The minimum absolute atomic E-state index is 0.653. The zero-order chi connectivity index (χ0) is 33.7. The standard InChI is InChI=1S/C46H44Si2/c1-29(2)47(30(3)4)23-21-33-9-15-39-35(25-33)11-19-43-41(39)17-13-37-28-46-38(27-45(37)43)14-18-42-40-16-10-34(26-36(40)12-20-44(42)46)22-24-48(31(5)6)32(7)8/h9-20,25-32H,1-8H3. The van der Waals surface area contributed by atoms with Crippen molar-refractivity contribution in [2.75, 3.05) is 0 Å². The quantitative estimate of drug-likeness (QED) is 0.0768. The van der Waals surface area contributed by atoms with Crippen molar-refractivity contribution in [3.8, 4) is 22.9 Å². The molecule has 2 heteroatoms. The topological polar surface area (TPSA) is 0 Å². The van der Waals surface area contributed by atoms with E-state index in [9.17, 15) is 0 Å². The summed E-state index contributed by atoms with van der Waals surface area (Å²) in [5.74, 6) is 7.07.